The van der Waals surface area contributed by atoms with Crippen LogP contribution in [0, 0.1) is 13.8 Å². The summed E-state index contributed by atoms with van der Waals surface area (Å²) in [6, 6.07) is 18.0. The van der Waals surface area contributed by atoms with Crippen LogP contribution in [0.1, 0.15) is 11.1 Å². The molecule has 3 N–H and O–H groups in total. The summed E-state index contributed by atoms with van der Waals surface area (Å²) in [7, 11) is 0. The molecule has 3 aromatic rings. The van der Waals surface area contributed by atoms with Gasteiger partial charge in [-0.25, -0.2) is 4.68 Å². The minimum atomic E-state index is 0.605. The molecule has 0 bridgehead atoms. The highest BCUT2D eigenvalue weighted by Gasteiger charge is 2.07. The molecular weight excluding hydrogens is 260 g/mol. The first-order chi connectivity index (χ1) is 10.1. The van der Waals surface area contributed by atoms with Crippen molar-refractivity contribution >= 4 is 17.3 Å². The monoisotopic (exact) mass is 278 g/mol. The van der Waals surface area contributed by atoms with Gasteiger partial charge in [0.1, 0.15) is 5.82 Å². The quantitative estimate of drug-likeness (QED) is 0.766. The van der Waals surface area contributed by atoms with Crippen LogP contribution in [0.4, 0.5) is 17.3 Å². The Morgan fingerprint density at radius 3 is 2.29 bits per heavy atom. The fraction of sp³-hybridized carbons (Fsp3) is 0.118. The molecule has 0 saturated carbocycles. The molecule has 3 rings (SSSR count). The average molecular weight is 278 g/mol. The topological polar surface area (TPSA) is 55.9 Å². The van der Waals surface area contributed by atoms with Crippen molar-refractivity contribution in [3.8, 4) is 5.69 Å². The van der Waals surface area contributed by atoms with Crippen LogP contribution in [0.25, 0.3) is 5.69 Å². The number of aryl methyl sites for hydroxylation is 2. The summed E-state index contributed by atoms with van der Waals surface area (Å²) in [5.74, 6) is 1.34. The largest absolute Gasteiger partial charge is 0.384 e. The van der Waals surface area contributed by atoms with Gasteiger partial charge in [0.25, 0.3) is 0 Å². The fourth-order valence-electron chi connectivity index (χ4n) is 2.43. The van der Waals surface area contributed by atoms with Crippen molar-refractivity contribution in [1.82, 2.24) is 9.78 Å². The van der Waals surface area contributed by atoms with E-state index in [0.717, 1.165) is 17.2 Å². The molecule has 4 heteroatoms. The van der Waals surface area contributed by atoms with Crippen molar-refractivity contribution in [2.24, 2.45) is 0 Å². The van der Waals surface area contributed by atoms with Crippen molar-refractivity contribution in [2.45, 2.75) is 13.8 Å². The van der Waals surface area contributed by atoms with Gasteiger partial charge >= 0.3 is 0 Å². The molecule has 2 aromatic carbocycles. The highest BCUT2D eigenvalue weighted by molar-refractivity contribution is 5.61. The van der Waals surface area contributed by atoms with Crippen molar-refractivity contribution in [2.75, 3.05) is 11.1 Å². The number of nitrogens with two attached hydrogens (primary N) is 1. The molecule has 0 amide bonds. The van der Waals surface area contributed by atoms with Crippen LogP contribution in [-0.2, 0) is 0 Å². The van der Waals surface area contributed by atoms with E-state index in [0.29, 0.717) is 5.82 Å². The number of nitrogens with zero attached hydrogens (tertiary/aromatic N) is 2. The second-order valence-corrected chi connectivity index (χ2v) is 5.20. The third kappa shape index (κ3) is 2.89. The molecule has 21 heavy (non-hydrogen) atoms. The number of hydrogen-bond acceptors (Lipinski definition) is 3. The number of nitrogens with one attached hydrogen (secondary N) is 1. The molecule has 1 heterocycles. The predicted octanol–water partition coefficient (Wildman–Crippen LogP) is 3.81. The molecular formula is C17H18N4. The van der Waals surface area contributed by atoms with Gasteiger partial charge in [-0.2, -0.15) is 0 Å². The van der Waals surface area contributed by atoms with Gasteiger partial charge in [-0.15, -0.1) is 5.10 Å². The van der Waals surface area contributed by atoms with Crippen LogP contribution in [-0.4, -0.2) is 9.78 Å². The molecule has 0 fully saturated rings. The number of rotatable bonds is 3. The molecule has 0 unspecified atom stereocenters. The lowest BCUT2D eigenvalue weighted by molar-refractivity contribution is 0.895. The van der Waals surface area contributed by atoms with Crippen molar-refractivity contribution in [3.63, 3.8) is 0 Å². The molecule has 0 aliphatic heterocycles. The summed E-state index contributed by atoms with van der Waals surface area (Å²) in [5, 5.41) is 7.82. The standard InChI is InChI=1S/C17H18N4/c1-12-8-13(2)10-14(9-12)19-17-11-16(18)21(20-17)15-6-4-3-5-7-15/h3-11H,18H2,1-2H3,(H,19,20). The first kappa shape index (κ1) is 13.2. The van der Waals surface area contributed by atoms with Crippen LogP contribution in [0.2, 0.25) is 0 Å². The van der Waals surface area contributed by atoms with Crippen LogP contribution in [0.5, 0.6) is 0 Å². The van der Waals surface area contributed by atoms with E-state index in [1.807, 2.05) is 36.4 Å². The summed E-state index contributed by atoms with van der Waals surface area (Å²) in [6.45, 7) is 4.16. The highest BCUT2D eigenvalue weighted by Crippen LogP contribution is 2.22. The fourth-order valence-corrected chi connectivity index (χ4v) is 2.43. The van der Waals surface area contributed by atoms with Gasteiger partial charge in [-0.1, -0.05) is 24.3 Å². The SMILES string of the molecule is Cc1cc(C)cc(Nc2cc(N)n(-c3ccccc3)n2)c1. The van der Waals surface area contributed by atoms with Crippen LogP contribution < -0.4 is 11.1 Å². The van der Waals surface area contributed by atoms with E-state index in [9.17, 15) is 0 Å². The predicted molar refractivity (Wildman–Crippen MR) is 87.2 cm³/mol. The third-order valence-electron chi connectivity index (χ3n) is 3.23. The lowest BCUT2D eigenvalue weighted by Gasteiger charge is -2.06. The Balaban J connectivity index is 1.91. The maximum atomic E-state index is 6.05. The van der Waals surface area contributed by atoms with Crippen LogP contribution in [0.15, 0.2) is 54.6 Å². The molecule has 0 atom stereocenters. The van der Waals surface area contributed by atoms with Crippen molar-refractivity contribution < 1.29 is 0 Å². The smallest absolute Gasteiger partial charge is 0.155 e. The van der Waals surface area contributed by atoms with Gasteiger partial charge in [0.05, 0.1) is 5.69 Å². The summed E-state index contributed by atoms with van der Waals surface area (Å²) < 4.78 is 1.73. The Hall–Kier alpha value is -2.75. The Bertz CT molecular complexity index is 739. The van der Waals surface area contributed by atoms with Gasteiger partial charge in [0.2, 0.25) is 0 Å². The van der Waals surface area contributed by atoms with E-state index in [2.05, 4.69) is 42.5 Å². The van der Waals surface area contributed by atoms with E-state index in [1.165, 1.54) is 11.1 Å². The van der Waals surface area contributed by atoms with Gasteiger partial charge in [0, 0.05) is 11.8 Å². The van der Waals surface area contributed by atoms with Crippen LogP contribution >= 0.6 is 0 Å². The second kappa shape index (κ2) is 5.32. The van der Waals surface area contributed by atoms with Crippen molar-refractivity contribution in [1.29, 1.82) is 0 Å². The van der Waals surface area contributed by atoms with Gasteiger partial charge < -0.3 is 11.1 Å². The van der Waals surface area contributed by atoms with Crippen LogP contribution in [0.3, 0.4) is 0 Å². The zero-order valence-corrected chi connectivity index (χ0v) is 12.2. The molecule has 0 saturated heterocycles. The normalized spacial score (nSPS) is 10.6. The maximum Gasteiger partial charge on any atom is 0.155 e. The molecule has 106 valence electrons. The maximum absolute atomic E-state index is 6.05. The van der Waals surface area contributed by atoms with Crippen molar-refractivity contribution in [3.05, 3.63) is 65.7 Å². The molecule has 4 nitrogen and oxygen atoms in total. The minimum Gasteiger partial charge on any atom is -0.384 e. The van der Waals surface area contributed by atoms with Gasteiger partial charge in [0.15, 0.2) is 5.82 Å². The zero-order chi connectivity index (χ0) is 14.8. The second-order valence-electron chi connectivity index (χ2n) is 5.20. The molecule has 0 spiro atoms. The first-order valence-corrected chi connectivity index (χ1v) is 6.88. The van der Waals surface area contributed by atoms with Gasteiger partial charge in [-0.3, -0.25) is 0 Å². The number of hydrogen-bond donors (Lipinski definition) is 2. The Labute approximate surface area is 124 Å². The summed E-state index contributed by atoms with van der Waals surface area (Å²) in [4.78, 5) is 0. The Morgan fingerprint density at radius 1 is 0.952 bits per heavy atom. The van der Waals surface area contributed by atoms with E-state index in [-0.39, 0.29) is 0 Å². The lowest BCUT2D eigenvalue weighted by Crippen LogP contribution is -2.01. The van der Waals surface area contributed by atoms with E-state index in [4.69, 9.17) is 5.73 Å². The Morgan fingerprint density at radius 2 is 1.62 bits per heavy atom. The highest BCUT2D eigenvalue weighted by atomic mass is 15.3. The van der Waals surface area contributed by atoms with E-state index in [1.54, 1.807) is 4.68 Å². The lowest BCUT2D eigenvalue weighted by atomic mass is 10.1. The Kier molecular flexibility index (Phi) is 3.36. The molecule has 1 aromatic heterocycles. The number of nitrogen functional groups attached to an aromatic ring is 1. The number of aromatic nitrogens is 2. The summed E-state index contributed by atoms with van der Waals surface area (Å²) >= 11 is 0. The molecule has 0 aliphatic rings. The molecule has 0 aliphatic carbocycles. The summed E-state index contributed by atoms with van der Waals surface area (Å²) in [6.07, 6.45) is 0. The number of anilines is 3. The number of benzene rings is 2. The summed E-state index contributed by atoms with van der Waals surface area (Å²) in [5.41, 5.74) is 10.4. The van der Waals surface area contributed by atoms with E-state index < -0.39 is 0 Å². The number of para-hydroxylation sites is 1. The minimum absolute atomic E-state index is 0.605. The zero-order valence-electron chi connectivity index (χ0n) is 12.2. The first-order valence-electron chi connectivity index (χ1n) is 6.88. The van der Waals surface area contributed by atoms with Gasteiger partial charge in [-0.05, 0) is 49.2 Å². The average Bonchev–Trinajstić information content (AvgIpc) is 2.79. The molecule has 0 radical (unpaired) electrons. The van der Waals surface area contributed by atoms with E-state index >= 15 is 0 Å². The third-order valence-corrected chi connectivity index (χ3v) is 3.23.